The SMILES string of the molecule is NCCCc1cccc(C#Cc2ccsc2)c1.O=C(O)C(F)(F)F. The van der Waals surface area contributed by atoms with Crippen molar-refractivity contribution in [1.82, 2.24) is 0 Å². The van der Waals surface area contributed by atoms with Crippen molar-refractivity contribution in [2.24, 2.45) is 5.73 Å². The van der Waals surface area contributed by atoms with E-state index in [1.54, 1.807) is 11.3 Å². The minimum Gasteiger partial charge on any atom is -0.475 e. The molecule has 3 nitrogen and oxygen atoms in total. The molecule has 0 atom stereocenters. The van der Waals surface area contributed by atoms with E-state index in [9.17, 15) is 13.2 Å². The van der Waals surface area contributed by atoms with Crippen LogP contribution in [0.25, 0.3) is 0 Å². The van der Waals surface area contributed by atoms with Crippen LogP contribution in [0.1, 0.15) is 23.1 Å². The quantitative estimate of drug-likeness (QED) is 0.826. The second kappa shape index (κ2) is 9.75. The Hall–Kier alpha value is -2.30. The second-order valence-electron chi connectivity index (χ2n) is 4.66. The molecule has 0 saturated heterocycles. The normalized spacial score (nSPS) is 10.2. The summed E-state index contributed by atoms with van der Waals surface area (Å²) < 4.78 is 31.7. The summed E-state index contributed by atoms with van der Waals surface area (Å²) in [5.74, 6) is 3.59. The van der Waals surface area contributed by atoms with Gasteiger partial charge in [-0.15, -0.1) is 0 Å². The number of benzene rings is 1. The van der Waals surface area contributed by atoms with Gasteiger partial charge >= 0.3 is 12.1 Å². The zero-order valence-corrected chi connectivity index (χ0v) is 13.5. The molecule has 0 unspecified atom stereocenters. The van der Waals surface area contributed by atoms with Crippen molar-refractivity contribution in [1.29, 1.82) is 0 Å². The van der Waals surface area contributed by atoms with E-state index in [2.05, 4.69) is 35.4 Å². The molecule has 3 N–H and O–H groups in total. The molecule has 0 aliphatic heterocycles. The number of rotatable bonds is 3. The molecule has 1 aromatic heterocycles. The topological polar surface area (TPSA) is 63.3 Å². The zero-order valence-electron chi connectivity index (χ0n) is 12.6. The van der Waals surface area contributed by atoms with Gasteiger partial charge in [-0.1, -0.05) is 24.0 Å². The van der Waals surface area contributed by atoms with E-state index >= 15 is 0 Å². The molecule has 0 radical (unpaired) electrons. The van der Waals surface area contributed by atoms with Crippen LogP contribution in [-0.4, -0.2) is 23.8 Å². The summed E-state index contributed by atoms with van der Waals surface area (Å²) in [4.78, 5) is 8.90. The van der Waals surface area contributed by atoms with Crippen molar-refractivity contribution in [3.8, 4) is 11.8 Å². The highest BCUT2D eigenvalue weighted by Crippen LogP contribution is 2.13. The molecular formula is C17H16F3NO2S. The number of hydrogen-bond donors (Lipinski definition) is 2. The van der Waals surface area contributed by atoms with Gasteiger partial charge in [-0.3, -0.25) is 0 Å². The minimum atomic E-state index is -5.08. The molecule has 0 fully saturated rings. The molecule has 24 heavy (non-hydrogen) atoms. The maximum Gasteiger partial charge on any atom is 0.490 e. The maximum absolute atomic E-state index is 10.6. The van der Waals surface area contributed by atoms with Crippen LogP contribution in [0, 0.1) is 11.8 Å². The molecule has 0 bridgehead atoms. The first-order valence-electron chi connectivity index (χ1n) is 6.96. The summed E-state index contributed by atoms with van der Waals surface area (Å²) in [7, 11) is 0. The summed E-state index contributed by atoms with van der Waals surface area (Å²) in [6.45, 7) is 0.741. The molecule has 128 valence electrons. The highest BCUT2D eigenvalue weighted by molar-refractivity contribution is 7.08. The first kappa shape index (κ1) is 19.7. The third-order valence-corrected chi connectivity index (χ3v) is 3.39. The van der Waals surface area contributed by atoms with Gasteiger partial charge in [-0.2, -0.15) is 24.5 Å². The molecule has 0 aliphatic carbocycles. The number of carboxylic acid groups (broad SMARTS) is 1. The summed E-state index contributed by atoms with van der Waals surface area (Å²) >= 11 is 1.67. The zero-order chi connectivity index (χ0) is 18.0. The van der Waals surface area contributed by atoms with Crippen LogP contribution in [0.2, 0.25) is 0 Å². The lowest BCUT2D eigenvalue weighted by atomic mass is 10.1. The summed E-state index contributed by atoms with van der Waals surface area (Å²) in [5, 5.41) is 11.2. The van der Waals surface area contributed by atoms with Crippen LogP contribution < -0.4 is 5.73 Å². The van der Waals surface area contributed by atoms with Crippen molar-refractivity contribution in [2.45, 2.75) is 19.0 Å². The molecule has 1 aromatic carbocycles. The van der Waals surface area contributed by atoms with E-state index in [1.807, 2.05) is 17.5 Å². The molecule has 0 amide bonds. The van der Waals surface area contributed by atoms with Crippen LogP contribution in [0.4, 0.5) is 13.2 Å². The Morgan fingerprint density at radius 1 is 1.21 bits per heavy atom. The molecular weight excluding hydrogens is 339 g/mol. The lowest BCUT2D eigenvalue weighted by molar-refractivity contribution is -0.192. The predicted molar refractivity (Wildman–Crippen MR) is 87.8 cm³/mol. The molecule has 1 heterocycles. The van der Waals surface area contributed by atoms with Gasteiger partial charge in [0.1, 0.15) is 0 Å². The van der Waals surface area contributed by atoms with E-state index in [0.717, 1.165) is 30.5 Å². The standard InChI is InChI=1S/C15H15NS.C2HF3O2/c16-9-2-5-13-3-1-4-14(11-13)6-7-15-8-10-17-12-15;3-2(4,5)1(6)7/h1,3-4,8,10-12H,2,5,9,16H2;(H,6,7). The van der Waals surface area contributed by atoms with E-state index in [1.165, 1.54) is 5.56 Å². The molecule has 0 saturated carbocycles. The van der Waals surface area contributed by atoms with Crippen molar-refractivity contribution in [3.63, 3.8) is 0 Å². The summed E-state index contributed by atoms with van der Waals surface area (Å²) in [5.41, 5.74) is 8.98. The van der Waals surface area contributed by atoms with Gasteiger partial charge in [-0.05, 0) is 48.5 Å². The number of thiophene rings is 1. The summed E-state index contributed by atoms with van der Waals surface area (Å²) in [6.07, 6.45) is -3.02. The number of halogens is 3. The highest BCUT2D eigenvalue weighted by atomic mass is 32.1. The predicted octanol–water partition coefficient (Wildman–Crippen LogP) is 3.67. The van der Waals surface area contributed by atoms with Gasteiger partial charge < -0.3 is 10.8 Å². The minimum absolute atomic E-state index is 0.741. The van der Waals surface area contributed by atoms with Gasteiger partial charge in [0.15, 0.2) is 0 Å². The number of aliphatic carboxylic acids is 1. The number of carbonyl (C=O) groups is 1. The Labute approximate surface area is 141 Å². The van der Waals surface area contributed by atoms with Crippen molar-refractivity contribution in [2.75, 3.05) is 6.54 Å². The molecule has 7 heteroatoms. The lowest BCUT2D eigenvalue weighted by Gasteiger charge is -1.99. The Morgan fingerprint density at radius 3 is 2.42 bits per heavy atom. The van der Waals surface area contributed by atoms with E-state index in [-0.39, 0.29) is 0 Å². The fourth-order valence-electron chi connectivity index (χ4n) is 1.59. The number of alkyl halides is 3. The lowest BCUT2D eigenvalue weighted by Crippen LogP contribution is -2.21. The van der Waals surface area contributed by atoms with E-state index < -0.39 is 12.1 Å². The first-order chi connectivity index (χ1) is 11.3. The van der Waals surface area contributed by atoms with Gasteiger partial charge in [0.25, 0.3) is 0 Å². The Balaban J connectivity index is 0.000000351. The molecule has 0 aliphatic rings. The second-order valence-corrected chi connectivity index (χ2v) is 5.44. The van der Waals surface area contributed by atoms with Crippen LogP contribution in [0.15, 0.2) is 41.1 Å². The van der Waals surface area contributed by atoms with E-state index in [4.69, 9.17) is 15.6 Å². The average molecular weight is 355 g/mol. The molecule has 2 aromatic rings. The van der Waals surface area contributed by atoms with Crippen LogP contribution in [0.5, 0.6) is 0 Å². The molecule has 0 spiro atoms. The van der Waals surface area contributed by atoms with E-state index in [0.29, 0.717) is 0 Å². The number of hydrogen-bond acceptors (Lipinski definition) is 3. The van der Waals surface area contributed by atoms with Gasteiger partial charge in [-0.25, -0.2) is 4.79 Å². The Bertz CT molecular complexity index is 701. The largest absolute Gasteiger partial charge is 0.490 e. The summed E-state index contributed by atoms with van der Waals surface area (Å²) in [6, 6.07) is 10.4. The Kier molecular flexibility index (Phi) is 8.02. The third-order valence-electron chi connectivity index (χ3n) is 2.71. The smallest absolute Gasteiger partial charge is 0.475 e. The maximum atomic E-state index is 10.6. The van der Waals surface area contributed by atoms with Crippen molar-refractivity contribution < 1.29 is 23.1 Å². The number of nitrogens with two attached hydrogens (primary N) is 1. The van der Waals surface area contributed by atoms with Gasteiger partial charge in [0.05, 0.1) is 0 Å². The third kappa shape index (κ3) is 7.81. The van der Waals surface area contributed by atoms with Gasteiger partial charge in [0, 0.05) is 16.5 Å². The number of carboxylic acids is 1. The van der Waals surface area contributed by atoms with Crippen LogP contribution >= 0.6 is 11.3 Å². The highest BCUT2D eigenvalue weighted by Gasteiger charge is 2.38. The van der Waals surface area contributed by atoms with Crippen LogP contribution in [-0.2, 0) is 11.2 Å². The van der Waals surface area contributed by atoms with Gasteiger partial charge in [0.2, 0.25) is 0 Å². The first-order valence-corrected chi connectivity index (χ1v) is 7.90. The fraction of sp³-hybridized carbons (Fsp3) is 0.235. The van der Waals surface area contributed by atoms with Crippen molar-refractivity contribution >= 4 is 17.3 Å². The Morgan fingerprint density at radius 2 is 1.88 bits per heavy atom. The fourth-order valence-corrected chi connectivity index (χ4v) is 2.18. The average Bonchev–Trinajstić information content (AvgIpc) is 3.04. The number of aryl methyl sites for hydroxylation is 1. The van der Waals surface area contributed by atoms with Crippen molar-refractivity contribution in [3.05, 3.63) is 57.8 Å². The molecule has 2 rings (SSSR count). The van der Waals surface area contributed by atoms with Crippen LogP contribution in [0.3, 0.4) is 0 Å². The monoisotopic (exact) mass is 355 g/mol.